The maximum Gasteiger partial charge on any atom is 0.268 e. The molecule has 0 saturated carbocycles. The van der Waals surface area contributed by atoms with Gasteiger partial charge in [0, 0.05) is 6.42 Å². The Bertz CT molecular complexity index is 1250. The van der Waals surface area contributed by atoms with E-state index in [1.165, 1.54) is 186 Å². The first-order chi connectivity index (χ1) is 33.0. The highest BCUT2D eigenvalue weighted by Gasteiger charge is 2.23. The van der Waals surface area contributed by atoms with E-state index in [4.69, 9.17) is 9.05 Å². The summed E-state index contributed by atoms with van der Waals surface area (Å²) in [5.41, 5.74) is 0. The molecule has 0 spiro atoms. The Labute approximate surface area is 422 Å². The van der Waals surface area contributed by atoms with Gasteiger partial charge < -0.3 is 28.8 Å². The largest absolute Gasteiger partial charge is 0.756 e. The van der Waals surface area contributed by atoms with Crippen molar-refractivity contribution in [2.24, 2.45) is 0 Å². The number of rotatable bonds is 53. The average Bonchev–Trinajstić information content (AvgIpc) is 3.30. The number of nitrogens with zero attached hydrogens (tertiary/aromatic N) is 1. The number of phosphoric acid groups is 1. The van der Waals surface area contributed by atoms with Crippen LogP contribution in [-0.4, -0.2) is 68.5 Å². The third-order valence-electron chi connectivity index (χ3n) is 13.0. The van der Waals surface area contributed by atoms with E-state index in [1.807, 2.05) is 27.2 Å². The van der Waals surface area contributed by atoms with Crippen molar-refractivity contribution >= 4 is 13.7 Å². The summed E-state index contributed by atoms with van der Waals surface area (Å²) in [6.45, 7) is 4.62. The van der Waals surface area contributed by atoms with Gasteiger partial charge in [-0.3, -0.25) is 9.36 Å². The molecule has 0 aliphatic heterocycles. The molecule has 0 fully saturated rings. The van der Waals surface area contributed by atoms with E-state index in [-0.39, 0.29) is 12.5 Å². The Balaban J connectivity index is 4.17. The molecule has 8 nitrogen and oxygen atoms in total. The SMILES string of the molecule is CCCCCCC/C=C\CCCCCCCC(=O)NC(COP(=O)([O-])OCC[N+](C)(C)C)C(O)/C=C/CC/C=C/CC/C=C/CCCCCCCCCCCCCCCCCCCCCCCC. The van der Waals surface area contributed by atoms with Crippen LogP contribution < -0.4 is 10.2 Å². The normalized spacial score (nSPS) is 14.3. The molecule has 3 unspecified atom stereocenters. The van der Waals surface area contributed by atoms with Gasteiger partial charge in [-0.25, -0.2) is 0 Å². The number of hydrogen-bond acceptors (Lipinski definition) is 6. The second kappa shape index (κ2) is 50.4. The van der Waals surface area contributed by atoms with Crippen LogP contribution in [0.3, 0.4) is 0 Å². The number of allylic oxidation sites excluding steroid dienone is 7. The summed E-state index contributed by atoms with van der Waals surface area (Å²) in [4.78, 5) is 25.4. The Hall–Kier alpha value is -1.54. The van der Waals surface area contributed by atoms with Crippen LogP contribution in [0.15, 0.2) is 48.6 Å². The second-order valence-electron chi connectivity index (χ2n) is 21.0. The minimum Gasteiger partial charge on any atom is -0.756 e. The van der Waals surface area contributed by atoms with E-state index >= 15 is 0 Å². The topological polar surface area (TPSA) is 108 Å². The number of amides is 1. The monoisotopic (exact) mass is 977 g/mol. The number of unbranched alkanes of at least 4 members (excludes halogenated alkanes) is 34. The number of likely N-dealkylation sites (N-methyl/N-ethyl adjacent to an activating group) is 1. The lowest BCUT2D eigenvalue weighted by Gasteiger charge is -2.29. The minimum absolute atomic E-state index is 0.0112. The molecule has 0 rings (SSSR count). The molecule has 9 heteroatoms. The van der Waals surface area contributed by atoms with Gasteiger partial charge in [0.15, 0.2) is 0 Å². The standard InChI is InChI=1S/C59H113N2O6P/c1-6-8-10-12-14-16-18-20-22-23-24-25-26-27-28-29-30-31-32-33-34-35-36-37-38-39-40-42-44-46-48-50-52-58(62)57(56-67-68(64,65)66-55-54-61(3,4)5)60-59(63)53-51-49-47-45-43-41-21-19-17-15-13-11-9-7-2/h19,21,37-38,42,44,50,52,57-58,62H,6-18,20,22-36,39-41,43,45-49,51,53-56H2,1-5H3,(H-,60,63,64,65)/b21-19-,38-37+,44-42+,52-50+. The molecule has 0 saturated heterocycles. The van der Waals surface area contributed by atoms with Crippen molar-refractivity contribution in [1.82, 2.24) is 5.32 Å². The van der Waals surface area contributed by atoms with Gasteiger partial charge in [-0.05, 0) is 70.6 Å². The van der Waals surface area contributed by atoms with Gasteiger partial charge in [0.05, 0.1) is 39.9 Å². The summed E-state index contributed by atoms with van der Waals surface area (Å²) >= 11 is 0. The molecule has 0 heterocycles. The first-order valence-corrected chi connectivity index (χ1v) is 30.5. The predicted octanol–water partition coefficient (Wildman–Crippen LogP) is 16.9. The molecule has 1 amide bonds. The zero-order valence-corrected chi connectivity index (χ0v) is 46.5. The van der Waals surface area contributed by atoms with Gasteiger partial charge in [-0.15, -0.1) is 0 Å². The maximum atomic E-state index is 12.9. The van der Waals surface area contributed by atoms with E-state index in [2.05, 4.69) is 55.6 Å². The quantitative estimate of drug-likeness (QED) is 0.0272. The van der Waals surface area contributed by atoms with Crippen molar-refractivity contribution in [2.75, 3.05) is 40.9 Å². The van der Waals surface area contributed by atoms with Crippen molar-refractivity contribution in [3.8, 4) is 0 Å². The molecule has 0 radical (unpaired) electrons. The number of nitrogens with one attached hydrogen (secondary N) is 1. The van der Waals surface area contributed by atoms with Crippen LogP contribution >= 0.6 is 7.82 Å². The van der Waals surface area contributed by atoms with E-state index in [0.29, 0.717) is 17.4 Å². The number of carbonyl (C=O) groups is 1. The second-order valence-corrected chi connectivity index (χ2v) is 22.4. The van der Waals surface area contributed by atoms with Crippen molar-refractivity contribution in [1.29, 1.82) is 0 Å². The fraction of sp³-hybridized carbons (Fsp3) is 0.847. The third kappa shape index (κ3) is 52.3. The van der Waals surface area contributed by atoms with Crippen LogP contribution in [0, 0.1) is 0 Å². The highest BCUT2D eigenvalue weighted by Crippen LogP contribution is 2.38. The van der Waals surface area contributed by atoms with Crippen LogP contribution in [-0.2, 0) is 18.4 Å². The summed E-state index contributed by atoms with van der Waals surface area (Å²) in [5, 5.41) is 13.8. The molecule has 400 valence electrons. The molecule has 0 bridgehead atoms. The number of carbonyl (C=O) groups excluding carboxylic acids is 1. The summed E-state index contributed by atoms with van der Waals surface area (Å²) in [7, 11) is 1.23. The van der Waals surface area contributed by atoms with Crippen molar-refractivity contribution < 1.29 is 32.9 Å². The Morgan fingerprint density at radius 3 is 1.19 bits per heavy atom. The Morgan fingerprint density at radius 1 is 0.500 bits per heavy atom. The third-order valence-corrected chi connectivity index (χ3v) is 14.0. The molecular formula is C59H113N2O6P. The number of hydrogen-bond donors (Lipinski definition) is 2. The van der Waals surface area contributed by atoms with E-state index < -0.39 is 26.6 Å². The highest BCUT2D eigenvalue weighted by molar-refractivity contribution is 7.45. The molecule has 0 aliphatic rings. The van der Waals surface area contributed by atoms with Crippen LogP contribution in [0.25, 0.3) is 0 Å². The molecular weight excluding hydrogens is 864 g/mol. The molecule has 0 aromatic heterocycles. The lowest BCUT2D eigenvalue weighted by atomic mass is 10.0. The number of phosphoric ester groups is 1. The van der Waals surface area contributed by atoms with Gasteiger partial charge in [0.2, 0.25) is 5.91 Å². The average molecular weight is 978 g/mol. The van der Waals surface area contributed by atoms with E-state index in [9.17, 15) is 19.4 Å². The van der Waals surface area contributed by atoms with E-state index in [0.717, 1.165) is 64.2 Å². The van der Waals surface area contributed by atoms with Gasteiger partial charge >= 0.3 is 0 Å². The van der Waals surface area contributed by atoms with Crippen LogP contribution in [0.2, 0.25) is 0 Å². The van der Waals surface area contributed by atoms with Gasteiger partial charge in [0.1, 0.15) is 13.2 Å². The minimum atomic E-state index is -4.61. The number of quaternary nitrogens is 1. The lowest BCUT2D eigenvalue weighted by Crippen LogP contribution is -2.45. The predicted molar refractivity (Wildman–Crippen MR) is 293 cm³/mol. The van der Waals surface area contributed by atoms with Crippen LogP contribution in [0.1, 0.15) is 271 Å². The summed E-state index contributed by atoms with van der Waals surface area (Å²) in [6, 6.07) is -0.915. The molecule has 2 N–H and O–H groups in total. The smallest absolute Gasteiger partial charge is 0.268 e. The molecule has 0 aromatic carbocycles. The van der Waals surface area contributed by atoms with Crippen LogP contribution in [0.4, 0.5) is 0 Å². The highest BCUT2D eigenvalue weighted by atomic mass is 31.2. The fourth-order valence-corrected chi connectivity index (χ4v) is 9.14. The summed E-state index contributed by atoms with van der Waals surface area (Å²) in [6.07, 6.45) is 66.4. The Kier molecular flexibility index (Phi) is 49.3. The van der Waals surface area contributed by atoms with E-state index in [1.54, 1.807) is 6.08 Å². The zero-order chi connectivity index (χ0) is 49.9. The molecule has 0 aromatic rings. The maximum absolute atomic E-state index is 12.9. The van der Waals surface area contributed by atoms with Gasteiger partial charge in [-0.2, -0.15) is 0 Å². The summed E-state index contributed by atoms with van der Waals surface area (Å²) in [5.74, 6) is -0.220. The Morgan fingerprint density at radius 2 is 0.824 bits per heavy atom. The number of aliphatic hydroxyl groups excluding tert-OH is 1. The van der Waals surface area contributed by atoms with Gasteiger partial charge in [-0.1, -0.05) is 242 Å². The zero-order valence-electron chi connectivity index (χ0n) is 45.6. The molecule has 68 heavy (non-hydrogen) atoms. The molecule has 0 aliphatic carbocycles. The lowest BCUT2D eigenvalue weighted by molar-refractivity contribution is -0.870. The van der Waals surface area contributed by atoms with Gasteiger partial charge in [0.25, 0.3) is 7.82 Å². The first-order valence-electron chi connectivity index (χ1n) is 29.0. The first kappa shape index (κ1) is 66.5. The summed E-state index contributed by atoms with van der Waals surface area (Å²) < 4.78 is 23.3. The van der Waals surface area contributed by atoms with Crippen molar-refractivity contribution in [2.45, 2.75) is 283 Å². The fourth-order valence-electron chi connectivity index (χ4n) is 8.42. The molecule has 3 atom stereocenters. The van der Waals surface area contributed by atoms with Crippen molar-refractivity contribution in [3.63, 3.8) is 0 Å². The van der Waals surface area contributed by atoms with Crippen molar-refractivity contribution in [3.05, 3.63) is 48.6 Å². The van der Waals surface area contributed by atoms with Crippen LogP contribution in [0.5, 0.6) is 0 Å². The number of aliphatic hydroxyl groups is 1.